The first-order chi connectivity index (χ1) is 7.27. The van der Waals surface area contributed by atoms with Crippen LogP contribution in [-0.4, -0.2) is 17.2 Å². The van der Waals surface area contributed by atoms with Gasteiger partial charge in [0.05, 0.1) is 6.21 Å². The van der Waals surface area contributed by atoms with Gasteiger partial charge in [0.15, 0.2) is 0 Å². The van der Waals surface area contributed by atoms with E-state index in [0.29, 0.717) is 0 Å². The Bertz CT molecular complexity index is 519. The lowest BCUT2D eigenvalue weighted by molar-refractivity contribution is 1.22. The number of guanidine groups is 1. The maximum atomic E-state index is 5.16. The molecule has 0 radical (unpaired) electrons. The van der Waals surface area contributed by atoms with E-state index in [2.05, 4.69) is 15.2 Å². The summed E-state index contributed by atoms with van der Waals surface area (Å²) in [6, 6.07) is 7.86. The number of nitrogens with one attached hydrogen (secondary N) is 1. The largest absolute Gasteiger partial charge is 0.369 e. The fourth-order valence-corrected chi connectivity index (χ4v) is 1.38. The van der Waals surface area contributed by atoms with Crippen molar-refractivity contribution in [3.63, 3.8) is 0 Å². The first kappa shape index (κ1) is 9.26. The van der Waals surface area contributed by atoms with Gasteiger partial charge in [0.1, 0.15) is 0 Å². The van der Waals surface area contributed by atoms with Crippen LogP contribution >= 0.6 is 0 Å². The first-order valence-electron chi connectivity index (χ1n) is 4.45. The summed E-state index contributed by atoms with van der Waals surface area (Å²) in [6.07, 6.45) is 3.50. The quantitative estimate of drug-likeness (QED) is 0.380. The summed E-state index contributed by atoms with van der Waals surface area (Å²) >= 11 is 0. The number of aromatic nitrogens is 1. The third-order valence-corrected chi connectivity index (χ3v) is 2.00. The van der Waals surface area contributed by atoms with Gasteiger partial charge in [0.2, 0.25) is 5.96 Å². The van der Waals surface area contributed by atoms with E-state index in [1.165, 1.54) is 0 Å². The molecule has 0 bridgehead atoms. The maximum absolute atomic E-state index is 5.16. The second-order valence-electron chi connectivity index (χ2n) is 3.06. The summed E-state index contributed by atoms with van der Waals surface area (Å²) in [6.45, 7) is 0. The van der Waals surface area contributed by atoms with E-state index < -0.39 is 0 Å². The number of rotatable bonds is 2. The summed E-state index contributed by atoms with van der Waals surface area (Å²) in [5, 5.41) is 8.40. The molecule has 15 heavy (non-hydrogen) atoms. The lowest BCUT2D eigenvalue weighted by atomic mass is 10.1. The molecule has 0 spiro atoms. The molecular weight excluding hydrogens is 190 g/mol. The number of H-pyrrole nitrogens is 1. The lowest BCUT2D eigenvalue weighted by Gasteiger charge is -1.94. The highest BCUT2D eigenvalue weighted by atomic mass is 15.3. The van der Waals surface area contributed by atoms with E-state index in [1.807, 2.05) is 30.5 Å². The van der Waals surface area contributed by atoms with Gasteiger partial charge in [-0.25, -0.2) is 0 Å². The Morgan fingerprint density at radius 3 is 2.93 bits per heavy atom. The summed E-state index contributed by atoms with van der Waals surface area (Å²) in [4.78, 5) is 3.11. The molecule has 0 fully saturated rings. The minimum atomic E-state index is -0.0486. The van der Waals surface area contributed by atoms with Crippen molar-refractivity contribution in [2.24, 2.45) is 21.7 Å². The van der Waals surface area contributed by atoms with E-state index in [9.17, 15) is 0 Å². The van der Waals surface area contributed by atoms with Crippen molar-refractivity contribution < 1.29 is 0 Å². The number of hydrogen-bond acceptors (Lipinski definition) is 2. The zero-order valence-corrected chi connectivity index (χ0v) is 8.01. The summed E-state index contributed by atoms with van der Waals surface area (Å²) in [5.41, 5.74) is 12.3. The number of nitrogens with zero attached hydrogens (tertiary/aromatic N) is 2. The van der Waals surface area contributed by atoms with Crippen LogP contribution in [0.2, 0.25) is 0 Å². The second-order valence-corrected chi connectivity index (χ2v) is 3.06. The van der Waals surface area contributed by atoms with Crippen LogP contribution in [-0.2, 0) is 0 Å². The highest BCUT2D eigenvalue weighted by Crippen LogP contribution is 2.15. The normalized spacial score (nSPS) is 10.9. The van der Waals surface area contributed by atoms with E-state index in [1.54, 1.807) is 6.21 Å². The Kier molecular flexibility index (Phi) is 2.37. The Morgan fingerprint density at radius 2 is 2.13 bits per heavy atom. The minimum Gasteiger partial charge on any atom is -0.369 e. The van der Waals surface area contributed by atoms with Crippen molar-refractivity contribution in [2.75, 3.05) is 0 Å². The minimum absolute atomic E-state index is 0.0486. The molecule has 0 atom stereocenters. The average Bonchev–Trinajstić information content (AvgIpc) is 2.65. The van der Waals surface area contributed by atoms with E-state index >= 15 is 0 Å². The van der Waals surface area contributed by atoms with Gasteiger partial charge < -0.3 is 16.5 Å². The predicted octanol–water partition coefficient (Wildman–Crippen LogP) is 0.775. The molecule has 0 aliphatic carbocycles. The van der Waals surface area contributed by atoms with Crippen LogP contribution < -0.4 is 11.5 Å². The van der Waals surface area contributed by atoms with Crippen LogP contribution in [0, 0.1) is 0 Å². The van der Waals surface area contributed by atoms with Crippen molar-refractivity contribution in [1.82, 2.24) is 4.98 Å². The molecule has 2 rings (SSSR count). The van der Waals surface area contributed by atoms with Crippen molar-refractivity contribution in [1.29, 1.82) is 0 Å². The third-order valence-electron chi connectivity index (χ3n) is 2.00. The molecule has 2 aromatic rings. The average molecular weight is 201 g/mol. The predicted molar refractivity (Wildman–Crippen MR) is 61.7 cm³/mol. The Balaban J connectivity index is 2.39. The Labute approximate surface area is 86.5 Å². The van der Waals surface area contributed by atoms with Crippen LogP contribution in [0.25, 0.3) is 10.9 Å². The topological polar surface area (TPSA) is 92.6 Å². The van der Waals surface area contributed by atoms with Crippen molar-refractivity contribution in [3.05, 3.63) is 36.0 Å². The third kappa shape index (κ3) is 1.96. The number of aromatic amines is 1. The number of hydrogen-bond donors (Lipinski definition) is 3. The Hall–Kier alpha value is -2.30. The molecule has 0 saturated carbocycles. The SMILES string of the molecule is NC(N)=NN=Cc1cccc2[nH]ccc12. The molecule has 1 aromatic carbocycles. The molecule has 1 heterocycles. The molecule has 0 amide bonds. The summed E-state index contributed by atoms with van der Waals surface area (Å²) in [5.74, 6) is -0.0486. The highest BCUT2D eigenvalue weighted by Gasteiger charge is 1.97. The van der Waals surface area contributed by atoms with Crippen LogP contribution in [0.4, 0.5) is 0 Å². The zero-order valence-electron chi connectivity index (χ0n) is 8.01. The smallest absolute Gasteiger partial charge is 0.211 e. The van der Waals surface area contributed by atoms with Gasteiger partial charge in [-0.15, -0.1) is 5.10 Å². The molecule has 76 valence electrons. The molecule has 5 heteroatoms. The van der Waals surface area contributed by atoms with Crippen LogP contribution in [0.3, 0.4) is 0 Å². The highest BCUT2D eigenvalue weighted by molar-refractivity contribution is 5.98. The molecule has 5 nitrogen and oxygen atoms in total. The molecule has 0 unspecified atom stereocenters. The van der Waals surface area contributed by atoms with Gasteiger partial charge in [0, 0.05) is 22.7 Å². The maximum Gasteiger partial charge on any atom is 0.211 e. The molecule has 1 aromatic heterocycles. The standard InChI is InChI=1S/C10H11N5/c11-10(12)15-14-6-7-2-1-3-9-8(7)4-5-13-9/h1-6,13H,(H4,11,12,15). The van der Waals surface area contributed by atoms with Crippen molar-refractivity contribution in [2.45, 2.75) is 0 Å². The number of benzene rings is 1. The molecule has 5 N–H and O–H groups in total. The first-order valence-corrected chi connectivity index (χ1v) is 4.45. The van der Waals surface area contributed by atoms with Crippen LogP contribution in [0.15, 0.2) is 40.7 Å². The molecule has 0 aliphatic heterocycles. The number of fused-ring (bicyclic) bond motifs is 1. The zero-order chi connectivity index (χ0) is 10.7. The summed E-state index contributed by atoms with van der Waals surface area (Å²) < 4.78 is 0. The monoisotopic (exact) mass is 201 g/mol. The van der Waals surface area contributed by atoms with E-state index in [-0.39, 0.29) is 5.96 Å². The fourth-order valence-electron chi connectivity index (χ4n) is 1.38. The fraction of sp³-hybridized carbons (Fsp3) is 0. The van der Waals surface area contributed by atoms with E-state index in [0.717, 1.165) is 16.5 Å². The van der Waals surface area contributed by atoms with Gasteiger partial charge >= 0.3 is 0 Å². The van der Waals surface area contributed by atoms with Gasteiger partial charge in [-0.2, -0.15) is 5.10 Å². The van der Waals surface area contributed by atoms with Gasteiger partial charge in [-0.1, -0.05) is 12.1 Å². The number of nitrogens with two attached hydrogens (primary N) is 2. The van der Waals surface area contributed by atoms with Crippen LogP contribution in [0.1, 0.15) is 5.56 Å². The molecule has 0 saturated heterocycles. The van der Waals surface area contributed by atoms with Gasteiger partial charge in [-0.05, 0) is 12.1 Å². The second kappa shape index (κ2) is 3.83. The lowest BCUT2D eigenvalue weighted by Crippen LogP contribution is -2.21. The van der Waals surface area contributed by atoms with E-state index in [4.69, 9.17) is 11.5 Å². The molecular formula is C10H11N5. The molecule has 0 aliphatic rings. The van der Waals surface area contributed by atoms with Gasteiger partial charge in [0.25, 0.3) is 0 Å². The van der Waals surface area contributed by atoms with Gasteiger partial charge in [-0.3, -0.25) is 0 Å². The van der Waals surface area contributed by atoms with Crippen molar-refractivity contribution in [3.8, 4) is 0 Å². The Morgan fingerprint density at radius 1 is 1.27 bits per heavy atom. The van der Waals surface area contributed by atoms with Crippen LogP contribution in [0.5, 0.6) is 0 Å². The van der Waals surface area contributed by atoms with Crippen molar-refractivity contribution >= 4 is 23.1 Å². The summed E-state index contributed by atoms with van der Waals surface area (Å²) in [7, 11) is 0.